The van der Waals surface area contributed by atoms with E-state index in [0.717, 1.165) is 43.9 Å². The monoisotopic (exact) mass is 522 g/mol. The summed E-state index contributed by atoms with van der Waals surface area (Å²) in [7, 11) is 0. The van der Waals surface area contributed by atoms with Gasteiger partial charge in [-0.3, -0.25) is 0 Å². The van der Waals surface area contributed by atoms with Gasteiger partial charge in [0.05, 0.1) is 0 Å². The van der Waals surface area contributed by atoms with Crippen LogP contribution in [0.1, 0.15) is 25.0 Å². The van der Waals surface area contributed by atoms with Gasteiger partial charge in [0.25, 0.3) is 0 Å². The van der Waals surface area contributed by atoms with Gasteiger partial charge in [-0.05, 0) is 112 Å². The molecule has 0 aliphatic rings. The van der Waals surface area contributed by atoms with Crippen molar-refractivity contribution in [3.63, 3.8) is 0 Å². The maximum atomic E-state index is 4.52. The molecule has 39 heavy (non-hydrogen) atoms. The first-order chi connectivity index (χ1) is 19.1. The van der Waals surface area contributed by atoms with Crippen molar-refractivity contribution in [3.8, 4) is 33.4 Å². The Kier molecular flexibility index (Phi) is 9.56. The first kappa shape index (κ1) is 27.7. The van der Waals surface area contributed by atoms with Crippen LogP contribution in [-0.2, 0) is 0 Å². The molecular weight excluding hydrogens is 488 g/mol. The van der Waals surface area contributed by atoms with Crippen LogP contribution in [0.5, 0.6) is 0 Å². The van der Waals surface area contributed by atoms with Crippen molar-refractivity contribution in [2.75, 3.05) is 0 Å². The van der Waals surface area contributed by atoms with Crippen molar-refractivity contribution in [2.45, 2.75) is 18.7 Å². The van der Waals surface area contributed by atoms with E-state index in [4.69, 9.17) is 0 Å². The zero-order valence-corrected chi connectivity index (χ0v) is 23.5. The van der Waals surface area contributed by atoms with Crippen molar-refractivity contribution in [3.05, 3.63) is 164 Å². The second-order valence-electron chi connectivity index (χ2n) is 9.23. The van der Waals surface area contributed by atoms with E-state index in [2.05, 4.69) is 141 Å². The molecule has 1 heteroatoms. The van der Waals surface area contributed by atoms with Crippen LogP contribution in [0.3, 0.4) is 0 Å². The van der Waals surface area contributed by atoms with Gasteiger partial charge in [-0.1, -0.05) is 110 Å². The third-order valence-corrected chi connectivity index (χ3v) is 6.74. The number of benzene rings is 4. The fourth-order valence-corrected chi connectivity index (χ4v) is 4.90. The first-order valence-electron chi connectivity index (χ1n) is 13.1. The number of allylic oxidation sites excluding steroid dienone is 10. The Bertz CT molecular complexity index is 1560. The minimum atomic E-state index is 0.959. The molecule has 4 aromatic carbocycles. The van der Waals surface area contributed by atoms with E-state index in [9.17, 15) is 0 Å². The van der Waals surface area contributed by atoms with Gasteiger partial charge in [0.1, 0.15) is 0 Å². The second kappa shape index (κ2) is 13.5. The van der Waals surface area contributed by atoms with Crippen LogP contribution in [0.2, 0.25) is 0 Å². The zero-order valence-electron chi connectivity index (χ0n) is 22.6. The lowest BCUT2D eigenvalue weighted by atomic mass is 9.91. The number of hydrogen-bond donors (Lipinski definition) is 1. The molecule has 0 amide bonds. The fraction of sp³-hybridized carbons (Fsp3) is 0.0526. The van der Waals surface area contributed by atoms with Gasteiger partial charge in [0.15, 0.2) is 0 Å². The normalized spacial score (nSPS) is 12.3. The minimum absolute atomic E-state index is 0.959. The van der Waals surface area contributed by atoms with Crippen molar-refractivity contribution in [1.29, 1.82) is 0 Å². The summed E-state index contributed by atoms with van der Waals surface area (Å²) < 4.78 is 0. The summed E-state index contributed by atoms with van der Waals surface area (Å²) in [6.07, 6.45) is 16.2. The van der Waals surface area contributed by atoms with Crippen LogP contribution < -0.4 is 0 Å². The molecule has 0 bridgehead atoms. The van der Waals surface area contributed by atoms with Crippen LogP contribution >= 0.6 is 12.6 Å². The van der Waals surface area contributed by atoms with Crippen LogP contribution in [0.4, 0.5) is 0 Å². The molecule has 0 atom stereocenters. The molecule has 0 saturated heterocycles. The standard InChI is InChI=1S/C38H34S/c1-5-12-28(13-6-2)35-24-36(29(14-7-3)15-8-4)26-37(25-35)33-19-10-17-31(23-33)30-16-9-18-32(22-30)34-20-11-21-38(39)27-34/h5-27,39H,1,3H2,2,4H3/b13-6-,15-8-,28-12+,29-14+. The van der Waals surface area contributed by atoms with Crippen LogP contribution in [0.15, 0.2) is 158 Å². The van der Waals surface area contributed by atoms with E-state index in [1.807, 2.05) is 38.1 Å². The predicted molar refractivity (Wildman–Crippen MR) is 176 cm³/mol. The highest BCUT2D eigenvalue weighted by atomic mass is 32.1. The van der Waals surface area contributed by atoms with Crippen molar-refractivity contribution < 1.29 is 0 Å². The lowest BCUT2D eigenvalue weighted by molar-refractivity contribution is 1.47. The molecule has 0 unspecified atom stereocenters. The molecule has 0 aliphatic carbocycles. The van der Waals surface area contributed by atoms with Crippen LogP contribution in [0, 0.1) is 0 Å². The number of hydrogen-bond acceptors (Lipinski definition) is 1. The average Bonchev–Trinajstić information content (AvgIpc) is 2.97. The molecule has 0 spiro atoms. The van der Waals surface area contributed by atoms with Crippen LogP contribution in [-0.4, -0.2) is 0 Å². The van der Waals surface area contributed by atoms with Gasteiger partial charge in [-0.15, -0.1) is 12.6 Å². The van der Waals surface area contributed by atoms with E-state index in [-0.39, 0.29) is 0 Å². The van der Waals surface area contributed by atoms with E-state index in [0.29, 0.717) is 0 Å². The molecule has 0 N–H and O–H groups in total. The Hall–Kier alpha value is -4.33. The van der Waals surface area contributed by atoms with E-state index < -0.39 is 0 Å². The van der Waals surface area contributed by atoms with Crippen molar-refractivity contribution in [1.82, 2.24) is 0 Å². The van der Waals surface area contributed by atoms with Gasteiger partial charge in [0.2, 0.25) is 0 Å². The Morgan fingerprint density at radius 1 is 0.538 bits per heavy atom. The molecule has 0 nitrogen and oxygen atoms in total. The predicted octanol–water partition coefficient (Wildman–Crippen LogP) is 11.3. The van der Waals surface area contributed by atoms with E-state index in [1.165, 1.54) is 16.7 Å². The highest BCUT2D eigenvalue weighted by Crippen LogP contribution is 2.34. The number of thiol groups is 1. The van der Waals surface area contributed by atoms with Gasteiger partial charge >= 0.3 is 0 Å². The average molecular weight is 523 g/mol. The summed E-state index contributed by atoms with van der Waals surface area (Å²) in [5, 5.41) is 0. The molecule has 192 valence electrons. The zero-order chi connectivity index (χ0) is 27.6. The first-order valence-corrected chi connectivity index (χ1v) is 13.6. The summed E-state index contributed by atoms with van der Waals surface area (Å²) in [6.45, 7) is 11.9. The molecule has 0 aliphatic heterocycles. The molecular formula is C38H34S. The summed E-state index contributed by atoms with van der Waals surface area (Å²) in [6, 6.07) is 32.5. The largest absolute Gasteiger partial charge is 0.143 e. The Morgan fingerprint density at radius 3 is 1.36 bits per heavy atom. The van der Waals surface area contributed by atoms with Gasteiger partial charge in [0, 0.05) is 4.90 Å². The maximum absolute atomic E-state index is 4.52. The third kappa shape index (κ3) is 6.96. The summed E-state index contributed by atoms with van der Waals surface area (Å²) in [5.74, 6) is 0. The topological polar surface area (TPSA) is 0 Å². The molecule has 0 radical (unpaired) electrons. The maximum Gasteiger partial charge on any atom is 0.00461 e. The quantitative estimate of drug-likeness (QED) is 0.164. The Labute approximate surface area is 239 Å². The summed E-state index contributed by atoms with van der Waals surface area (Å²) in [4.78, 5) is 0.959. The van der Waals surface area contributed by atoms with Gasteiger partial charge in [-0.2, -0.15) is 0 Å². The lowest BCUT2D eigenvalue weighted by Gasteiger charge is -2.13. The lowest BCUT2D eigenvalue weighted by Crippen LogP contribution is -1.91. The highest BCUT2D eigenvalue weighted by Gasteiger charge is 2.10. The molecule has 4 rings (SSSR count). The van der Waals surface area contributed by atoms with Crippen molar-refractivity contribution >= 4 is 23.8 Å². The van der Waals surface area contributed by atoms with Gasteiger partial charge in [-0.25, -0.2) is 0 Å². The highest BCUT2D eigenvalue weighted by molar-refractivity contribution is 7.80. The van der Waals surface area contributed by atoms with E-state index in [1.54, 1.807) is 0 Å². The number of rotatable bonds is 9. The van der Waals surface area contributed by atoms with Crippen LogP contribution in [0.25, 0.3) is 44.5 Å². The fourth-order valence-electron chi connectivity index (χ4n) is 4.68. The SMILES string of the molecule is C=C/C=C(\C=C/C)c1cc(C(/C=C\C)=C/C=C)cc(-c2cccc(-c3cccc(-c4cccc(S)c4)c3)c2)c1. The minimum Gasteiger partial charge on any atom is -0.143 e. The molecule has 0 aromatic heterocycles. The molecule has 0 saturated carbocycles. The molecule has 0 heterocycles. The second-order valence-corrected chi connectivity index (χ2v) is 9.74. The smallest absolute Gasteiger partial charge is 0.00461 e. The molecule has 0 fully saturated rings. The van der Waals surface area contributed by atoms with Gasteiger partial charge < -0.3 is 0 Å². The third-order valence-electron chi connectivity index (χ3n) is 6.46. The summed E-state index contributed by atoms with van der Waals surface area (Å²) >= 11 is 4.52. The Balaban J connectivity index is 1.85. The van der Waals surface area contributed by atoms with Crippen molar-refractivity contribution in [2.24, 2.45) is 0 Å². The van der Waals surface area contributed by atoms with E-state index >= 15 is 0 Å². The Morgan fingerprint density at radius 2 is 0.949 bits per heavy atom. The summed E-state index contributed by atoms with van der Waals surface area (Å²) in [5.41, 5.74) is 11.5. The molecule has 4 aromatic rings.